The van der Waals surface area contributed by atoms with E-state index in [0.717, 1.165) is 12.8 Å². The smallest absolute Gasteiger partial charge is 0.0789 e. The highest BCUT2D eigenvalue weighted by Crippen LogP contribution is 2.12. The Morgan fingerprint density at radius 3 is 2.20 bits per heavy atom. The minimum atomic E-state index is -0.601. The SMILES string of the molecule is CCC(O)(CC)CNOC. The number of nitrogens with one attached hydrogen (secondary N) is 1. The van der Waals surface area contributed by atoms with Crippen LogP contribution < -0.4 is 5.48 Å². The van der Waals surface area contributed by atoms with Crippen molar-refractivity contribution in [3.63, 3.8) is 0 Å². The van der Waals surface area contributed by atoms with Gasteiger partial charge in [0.25, 0.3) is 0 Å². The molecule has 3 heteroatoms. The molecule has 0 bridgehead atoms. The van der Waals surface area contributed by atoms with Gasteiger partial charge >= 0.3 is 0 Å². The van der Waals surface area contributed by atoms with E-state index in [9.17, 15) is 5.11 Å². The molecule has 0 saturated carbocycles. The Bertz CT molecular complexity index is 81.7. The van der Waals surface area contributed by atoms with E-state index >= 15 is 0 Å². The van der Waals surface area contributed by atoms with Crippen LogP contribution in [0.3, 0.4) is 0 Å². The lowest BCUT2D eigenvalue weighted by Gasteiger charge is -2.24. The lowest BCUT2D eigenvalue weighted by molar-refractivity contribution is -0.0191. The fourth-order valence-corrected chi connectivity index (χ4v) is 0.707. The maximum Gasteiger partial charge on any atom is 0.0789 e. The van der Waals surface area contributed by atoms with Gasteiger partial charge in [-0.15, -0.1) is 0 Å². The molecule has 2 N–H and O–H groups in total. The molecule has 0 unspecified atom stereocenters. The van der Waals surface area contributed by atoms with E-state index in [-0.39, 0.29) is 0 Å². The second-order valence-corrected chi connectivity index (χ2v) is 2.46. The molecule has 0 saturated heterocycles. The first-order valence-corrected chi connectivity index (χ1v) is 3.66. The van der Waals surface area contributed by atoms with Gasteiger partial charge in [-0.25, -0.2) is 5.48 Å². The predicted octanol–water partition coefficient (Wildman–Crippen LogP) is 0.688. The molecule has 62 valence electrons. The second kappa shape index (κ2) is 4.66. The summed E-state index contributed by atoms with van der Waals surface area (Å²) in [4.78, 5) is 4.63. The molecule has 0 aromatic rings. The summed E-state index contributed by atoms with van der Waals surface area (Å²) in [6, 6.07) is 0. The van der Waals surface area contributed by atoms with Crippen LogP contribution in [0.25, 0.3) is 0 Å². The minimum Gasteiger partial charge on any atom is -0.388 e. The van der Waals surface area contributed by atoms with Crippen LogP contribution >= 0.6 is 0 Å². The quantitative estimate of drug-likeness (QED) is 0.562. The maximum absolute atomic E-state index is 9.62. The van der Waals surface area contributed by atoms with Crippen LogP contribution in [0.4, 0.5) is 0 Å². The van der Waals surface area contributed by atoms with Gasteiger partial charge < -0.3 is 9.94 Å². The largest absolute Gasteiger partial charge is 0.388 e. The molecule has 0 fully saturated rings. The summed E-state index contributed by atoms with van der Waals surface area (Å²) in [6.07, 6.45) is 1.50. The Morgan fingerprint density at radius 2 is 1.90 bits per heavy atom. The Hall–Kier alpha value is -0.120. The van der Waals surface area contributed by atoms with Gasteiger partial charge in [0.2, 0.25) is 0 Å². The van der Waals surface area contributed by atoms with Crippen molar-refractivity contribution in [1.82, 2.24) is 5.48 Å². The topological polar surface area (TPSA) is 41.5 Å². The van der Waals surface area contributed by atoms with E-state index in [1.54, 1.807) is 7.11 Å². The number of hydroxylamine groups is 1. The normalized spacial score (nSPS) is 12.0. The molecule has 0 aromatic carbocycles. The van der Waals surface area contributed by atoms with Crippen LogP contribution in [0.2, 0.25) is 0 Å². The molecule has 0 aromatic heterocycles. The van der Waals surface area contributed by atoms with Gasteiger partial charge in [-0.05, 0) is 12.8 Å². The molecular formula is C7H17NO2. The van der Waals surface area contributed by atoms with Crippen LogP contribution in [0.1, 0.15) is 26.7 Å². The summed E-state index contributed by atoms with van der Waals surface area (Å²) in [7, 11) is 1.55. The maximum atomic E-state index is 9.62. The van der Waals surface area contributed by atoms with Gasteiger partial charge in [0.05, 0.1) is 12.7 Å². The summed E-state index contributed by atoms with van der Waals surface area (Å²) in [5.41, 5.74) is 2.04. The van der Waals surface area contributed by atoms with Gasteiger partial charge in [0, 0.05) is 6.54 Å². The monoisotopic (exact) mass is 147 g/mol. The van der Waals surface area contributed by atoms with Gasteiger partial charge in [0.1, 0.15) is 0 Å². The molecular weight excluding hydrogens is 130 g/mol. The number of aliphatic hydroxyl groups is 1. The Kier molecular flexibility index (Phi) is 4.60. The third-order valence-corrected chi connectivity index (χ3v) is 1.86. The van der Waals surface area contributed by atoms with Gasteiger partial charge in [-0.2, -0.15) is 0 Å². The summed E-state index contributed by atoms with van der Waals surface area (Å²) >= 11 is 0. The highest BCUT2D eigenvalue weighted by molar-refractivity contribution is 4.75. The fraction of sp³-hybridized carbons (Fsp3) is 1.00. The Balaban J connectivity index is 3.58. The molecule has 0 spiro atoms. The Morgan fingerprint density at radius 1 is 1.40 bits per heavy atom. The molecule has 0 amide bonds. The lowest BCUT2D eigenvalue weighted by Crippen LogP contribution is -2.38. The van der Waals surface area contributed by atoms with Gasteiger partial charge in [-0.1, -0.05) is 13.8 Å². The highest BCUT2D eigenvalue weighted by atomic mass is 16.6. The van der Waals surface area contributed by atoms with E-state index in [4.69, 9.17) is 0 Å². The lowest BCUT2D eigenvalue weighted by atomic mass is 9.98. The first kappa shape index (κ1) is 9.88. The number of hydrogen-bond acceptors (Lipinski definition) is 3. The van der Waals surface area contributed by atoms with Crippen LogP contribution in [-0.4, -0.2) is 24.4 Å². The number of hydrogen-bond donors (Lipinski definition) is 2. The van der Waals surface area contributed by atoms with Crippen LogP contribution in [0, 0.1) is 0 Å². The molecule has 3 nitrogen and oxygen atoms in total. The average molecular weight is 147 g/mol. The standard InChI is InChI=1S/C7H17NO2/c1-4-7(9,5-2)6-8-10-3/h8-9H,4-6H2,1-3H3. The van der Waals surface area contributed by atoms with Crippen molar-refractivity contribution in [2.75, 3.05) is 13.7 Å². The first-order chi connectivity index (χ1) is 4.68. The molecule has 0 heterocycles. The van der Waals surface area contributed by atoms with E-state index in [1.807, 2.05) is 13.8 Å². The zero-order chi connectivity index (χ0) is 8.04. The molecule has 0 aliphatic rings. The van der Waals surface area contributed by atoms with Crippen molar-refractivity contribution >= 4 is 0 Å². The first-order valence-electron chi connectivity index (χ1n) is 3.66. The third-order valence-electron chi connectivity index (χ3n) is 1.86. The zero-order valence-corrected chi connectivity index (χ0v) is 6.98. The summed E-state index contributed by atoms with van der Waals surface area (Å²) in [5.74, 6) is 0. The van der Waals surface area contributed by atoms with Crippen molar-refractivity contribution in [3.05, 3.63) is 0 Å². The molecule has 0 aliphatic carbocycles. The Labute approximate surface area is 62.3 Å². The fourth-order valence-electron chi connectivity index (χ4n) is 0.707. The van der Waals surface area contributed by atoms with Crippen LogP contribution in [0.15, 0.2) is 0 Å². The zero-order valence-electron chi connectivity index (χ0n) is 6.98. The summed E-state index contributed by atoms with van der Waals surface area (Å²) < 4.78 is 0. The van der Waals surface area contributed by atoms with Gasteiger partial charge in [0.15, 0.2) is 0 Å². The van der Waals surface area contributed by atoms with Crippen molar-refractivity contribution < 1.29 is 9.94 Å². The van der Waals surface area contributed by atoms with E-state index in [0.29, 0.717) is 6.54 Å². The van der Waals surface area contributed by atoms with Crippen molar-refractivity contribution in [2.24, 2.45) is 0 Å². The average Bonchev–Trinajstić information content (AvgIpc) is 2.00. The van der Waals surface area contributed by atoms with Crippen molar-refractivity contribution in [3.8, 4) is 0 Å². The molecule has 0 aliphatic heterocycles. The van der Waals surface area contributed by atoms with Crippen LogP contribution in [-0.2, 0) is 4.84 Å². The van der Waals surface area contributed by atoms with Crippen molar-refractivity contribution in [1.29, 1.82) is 0 Å². The van der Waals surface area contributed by atoms with Gasteiger partial charge in [-0.3, -0.25) is 0 Å². The van der Waals surface area contributed by atoms with E-state index in [1.165, 1.54) is 0 Å². The summed E-state index contributed by atoms with van der Waals surface area (Å²) in [6.45, 7) is 4.41. The summed E-state index contributed by atoms with van der Waals surface area (Å²) in [5, 5.41) is 9.62. The second-order valence-electron chi connectivity index (χ2n) is 2.46. The van der Waals surface area contributed by atoms with Crippen LogP contribution in [0.5, 0.6) is 0 Å². The molecule has 0 atom stereocenters. The molecule has 0 rings (SSSR count). The van der Waals surface area contributed by atoms with E-state index < -0.39 is 5.60 Å². The molecule has 10 heavy (non-hydrogen) atoms. The molecule has 0 radical (unpaired) electrons. The highest BCUT2D eigenvalue weighted by Gasteiger charge is 2.20. The van der Waals surface area contributed by atoms with Crippen molar-refractivity contribution in [2.45, 2.75) is 32.3 Å². The third kappa shape index (κ3) is 3.15. The number of rotatable bonds is 5. The van der Waals surface area contributed by atoms with E-state index in [2.05, 4.69) is 10.3 Å². The minimum absolute atomic E-state index is 0.497. The predicted molar refractivity (Wildman–Crippen MR) is 40.5 cm³/mol.